The van der Waals surface area contributed by atoms with Gasteiger partial charge in [-0.3, -0.25) is 4.90 Å². The fourth-order valence-corrected chi connectivity index (χ4v) is 2.97. The average molecular weight is 268 g/mol. The average Bonchev–Trinajstić information content (AvgIpc) is 2.39. The highest BCUT2D eigenvalue weighted by Gasteiger charge is 2.25. The van der Waals surface area contributed by atoms with Crippen molar-refractivity contribution < 1.29 is 8.78 Å². The van der Waals surface area contributed by atoms with Gasteiger partial charge in [-0.15, -0.1) is 0 Å². The maximum atomic E-state index is 13.3. The molecule has 1 N–H and O–H groups in total. The van der Waals surface area contributed by atoms with Crippen molar-refractivity contribution >= 4 is 0 Å². The molecule has 2 unspecified atom stereocenters. The van der Waals surface area contributed by atoms with E-state index in [1.807, 2.05) is 6.92 Å². The first-order chi connectivity index (χ1) is 9.11. The predicted octanol–water partition coefficient (Wildman–Crippen LogP) is 3.10. The number of hydrogen-bond acceptors (Lipinski definition) is 2. The molecule has 1 fully saturated rings. The Hall–Kier alpha value is -1.00. The van der Waals surface area contributed by atoms with Crippen LogP contribution in [-0.4, -0.2) is 30.6 Å². The van der Waals surface area contributed by atoms with Crippen molar-refractivity contribution in [2.75, 3.05) is 19.6 Å². The van der Waals surface area contributed by atoms with Crippen molar-refractivity contribution in [2.24, 2.45) is 0 Å². The summed E-state index contributed by atoms with van der Waals surface area (Å²) in [6.07, 6.45) is 2.30. The summed E-state index contributed by atoms with van der Waals surface area (Å²) in [4.78, 5) is 2.32. The molecule has 2 rings (SSSR count). The summed E-state index contributed by atoms with van der Waals surface area (Å²) in [5.74, 6) is -1.00. The van der Waals surface area contributed by atoms with E-state index in [9.17, 15) is 8.78 Å². The molecule has 0 radical (unpaired) electrons. The zero-order chi connectivity index (χ0) is 13.8. The van der Waals surface area contributed by atoms with Crippen LogP contribution in [0.2, 0.25) is 0 Å². The Bertz CT molecular complexity index is 396. The van der Waals surface area contributed by atoms with Gasteiger partial charge < -0.3 is 5.32 Å². The summed E-state index contributed by atoms with van der Waals surface area (Å²) >= 11 is 0. The van der Waals surface area contributed by atoms with Gasteiger partial charge in [0.15, 0.2) is 0 Å². The van der Waals surface area contributed by atoms with Gasteiger partial charge in [-0.25, -0.2) is 8.78 Å². The van der Waals surface area contributed by atoms with Crippen LogP contribution in [-0.2, 0) is 0 Å². The minimum absolute atomic E-state index is 0.0279. The van der Waals surface area contributed by atoms with Gasteiger partial charge in [0.1, 0.15) is 11.6 Å². The van der Waals surface area contributed by atoms with E-state index in [0.717, 1.165) is 38.5 Å². The molecule has 1 aromatic carbocycles. The van der Waals surface area contributed by atoms with E-state index in [2.05, 4.69) is 17.1 Å². The molecule has 0 aliphatic carbocycles. The molecule has 0 bridgehead atoms. The van der Waals surface area contributed by atoms with Crippen LogP contribution in [0.3, 0.4) is 0 Å². The number of piperidine rings is 1. The Balaban J connectivity index is 2.16. The van der Waals surface area contributed by atoms with E-state index < -0.39 is 11.6 Å². The summed E-state index contributed by atoms with van der Waals surface area (Å²) in [5, 5.41) is 3.39. The molecule has 1 heterocycles. The minimum atomic E-state index is -0.500. The molecule has 1 aromatic rings. The Morgan fingerprint density at radius 3 is 2.53 bits per heavy atom. The number of nitrogens with one attached hydrogen (secondary N) is 1. The molecule has 2 nitrogen and oxygen atoms in total. The van der Waals surface area contributed by atoms with Crippen molar-refractivity contribution in [3.8, 4) is 0 Å². The van der Waals surface area contributed by atoms with Gasteiger partial charge in [-0.2, -0.15) is 0 Å². The molecule has 1 aliphatic rings. The molecular weight excluding hydrogens is 246 g/mol. The van der Waals surface area contributed by atoms with Crippen molar-refractivity contribution in [3.63, 3.8) is 0 Å². The molecular formula is C15H22F2N2. The minimum Gasteiger partial charge on any atom is -0.315 e. The summed E-state index contributed by atoms with van der Waals surface area (Å²) in [6, 6.07) is 4.27. The molecule has 1 aliphatic heterocycles. The van der Waals surface area contributed by atoms with Crippen LogP contribution in [0.5, 0.6) is 0 Å². The fraction of sp³-hybridized carbons (Fsp3) is 0.600. The van der Waals surface area contributed by atoms with Crippen LogP contribution in [0, 0.1) is 11.6 Å². The lowest BCUT2D eigenvalue weighted by molar-refractivity contribution is 0.127. The van der Waals surface area contributed by atoms with Crippen LogP contribution in [0.15, 0.2) is 18.2 Å². The summed E-state index contributed by atoms with van der Waals surface area (Å²) in [6.45, 7) is 7.02. The third-order valence-corrected chi connectivity index (χ3v) is 3.97. The normalized spacial score (nSPS) is 21.6. The molecule has 0 amide bonds. The smallest absolute Gasteiger partial charge is 0.126 e. The third kappa shape index (κ3) is 3.51. The maximum Gasteiger partial charge on any atom is 0.126 e. The first kappa shape index (κ1) is 14.4. The van der Waals surface area contributed by atoms with E-state index in [4.69, 9.17) is 0 Å². The van der Waals surface area contributed by atoms with Gasteiger partial charge in [0.2, 0.25) is 0 Å². The zero-order valence-electron chi connectivity index (χ0n) is 11.6. The summed E-state index contributed by atoms with van der Waals surface area (Å²) < 4.78 is 26.7. The van der Waals surface area contributed by atoms with Crippen molar-refractivity contribution in [3.05, 3.63) is 35.4 Å². The van der Waals surface area contributed by atoms with Crippen LogP contribution < -0.4 is 5.32 Å². The van der Waals surface area contributed by atoms with E-state index in [-0.39, 0.29) is 6.04 Å². The fourth-order valence-electron chi connectivity index (χ4n) is 2.97. The lowest BCUT2D eigenvalue weighted by atomic mass is 10.00. The lowest BCUT2D eigenvalue weighted by Crippen LogP contribution is -2.46. The van der Waals surface area contributed by atoms with Crippen LogP contribution in [0.4, 0.5) is 8.78 Å². The third-order valence-electron chi connectivity index (χ3n) is 3.97. The highest BCUT2D eigenvalue weighted by atomic mass is 19.1. The lowest BCUT2D eigenvalue weighted by Gasteiger charge is -2.38. The molecule has 4 heteroatoms. The summed E-state index contributed by atoms with van der Waals surface area (Å²) in [5.41, 5.74) is 0.713. The van der Waals surface area contributed by atoms with Crippen LogP contribution in [0.1, 0.15) is 38.3 Å². The molecule has 0 saturated carbocycles. The SMILES string of the molecule is CCN(C1CCCNC1)C(C)c1cc(F)cc(F)c1. The van der Waals surface area contributed by atoms with Crippen molar-refractivity contribution in [1.29, 1.82) is 0 Å². The summed E-state index contributed by atoms with van der Waals surface area (Å²) in [7, 11) is 0. The maximum absolute atomic E-state index is 13.3. The second kappa shape index (κ2) is 6.44. The number of halogens is 2. The number of nitrogens with zero attached hydrogens (tertiary/aromatic N) is 1. The number of benzene rings is 1. The highest BCUT2D eigenvalue weighted by Crippen LogP contribution is 2.26. The van der Waals surface area contributed by atoms with Gasteiger partial charge in [0, 0.05) is 24.7 Å². The number of hydrogen-bond donors (Lipinski definition) is 1. The van der Waals surface area contributed by atoms with Crippen molar-refractivity contribution in [2.45, 2.75) is 38.8 Å². The highest BCUT2D eigenvalue weighted by molar-refractivity contribution is 5.21. The Kier molecular flexibility index (Phi) is 4.88. The number of rotatable bonds is 4. The molecule has 0 aromatic heterocycles. The van der Waals surface area contributed by atoms with E-state index >= 15 is 0 Å². The topological polar surface area (TPSA) is 15.3 Å². The first-order valence-corrected chi connectivity index (χ1v) is 7.04. The van der Waals surface area contributed by atoms with E-state index in [0.29, 0.717) is 11.6 Å². The second-order valence-electron chi connectivity index (χ2n) is 5.21. The van der Waals surface area contributed by atoms with Crippen molar-refractivity contribution in [1.82, 2.24) is 10.2 Å². The largest absolute Gasteiger partial charge is 0.315 e. The number of likely N-dealkylation sites (N-methyl/N-ethyl adjacent to an activating group) is 1. The van der Waals surface area contributed by atoms with Crippen LogP contribution in [0.25, 0.3) is 0 Å². The van der Waals surface area contributed by atoms with Gasteiger partial charge in [0.25, 0.3) is 0 Å². The standard InChI is InChI=1S/C15H22F2N2/c1-3-19(15-5-4-6-18-10-15)11(2)12-7-13(16)9-14(17)8-12/h7-9,11,15,18H,3-6,10H2,1-2H3. The molecule has 106 valence electrons. The Labute approximate surface area is 113 Å². The first-order valence-electron chi connectivity index (χ1n) is 7.04. The van der Waals surface area contributed by atoms with Gasteiger partial charge in [-0.1, -0.05) is 6.92 Å². The van der Waals surface area contributed by atoms with Gasteiger partial charge >= 0.3 is 0 Å². The van der Waals surface area contributed by atoms with E-state index in [1.165, 1.54) is 12.1 Å². The van der Waals surface area contributed by atoms with Crippen LogP contribution >= 0.6 is 0 Å². The molecule has 1 saturated heterocycles. The zero-order valence-corrected chi connectivity index (χ0v) is 11.6. The quantitative estimate of drug-likeness (QED) is 0.902. The molecule has 0 spiro atoms. The second-order valence-corrected chi connectivity index (χ2v) is 5.21. The monoisotopic (exact) mass is 268 g/mol. The predicted molar refractivity (Wildman–Crippen MR) is 73.0 cm³/mol. The molecule has 2 atom stereocenters. The van der Waals surface area contributed by atoms with E-state index in [1.54, 1.807) is 0 Å². The van der Waals surface area contributed by atoms with Gasteiger partial charge in [-0.05, 0) is 50.6 Å². The molecule has 19 heavy (non-hydrogen) atoms. The Morgan fingerprint density at radius 2 is 2.00 bits per heavy atom. The Morgan fingerprint density at radius 1 is 1.32 bits per heavy atom. The van der Waals surface area contributed by atoms with Gasteiger partial charge in [0.05, 0.1) is 0 Å².